The van der Waals surface area contributed by atoms with Crippen LogP contribution in [-0.4, -0.2) is 49.1 Å². The lowest BCUT2D eigenvalue weighted by Gasteiger charge is -2.27. The number of hydrogen-bond donors (Lipinski definition) is 2. The molecule has 4 atom stereocenters. The summed E-state index contributed by atoms with van der Waals surface area (Å²) in [5.74, 6) is 1.07. The largest absolute Gasteiger partial charge is 0.378 e. The number of amides is 2. The summed E-state index contributed by atoms with van der Waals surface area (Å²) in [6, 6.07) is 7.57. The van der Waals surface area contributed by atoms with Crippen LogP contribution in [0.15, 0.2) is 24.3 Å². The van der Waals surface area contributed by atoms with Crippen molar-refractivity contribution >= 4 is 17.5 Å². The van der Waals surface area contributed by atoms with Crippen LogP contribution in [0.1, 0.15) is 24.8 Å². The summed E-state index contributed by atoms with van der Waals surface area (Å²) in [6.45, 7) is 2.55. The fourth-order valence-corrected chi connectivity index (χ4v) is 4.76. The summed E-state index contributed by atoms with van der Waals surface area (Å²) in [7, 11) is 0. The van der Waals surface area contributed by atoms with Crippen LogP contribution in [0.2, 0.25) is 0 Å². The van der Waals surface area contributed by atoms with Crippen molar-refractivity contribution in [1.29, 1.82) is 0 Å². The van der Waals surface area contributed by atoms with Crippen LogP contribution in [0.25, 0.3) is 0 Å². The maximum absolute atomic E-state index is 12.6. The second-order valence-electron chi connectivity index (χ2n) is 7.79. The Morgan fingerprint density at radius 1 is 1.12 bits per heavy atom. The van der Waals surface area contributed by atoms with Gasteiger partial charge in [0.05, 0.1) is 25.6 Å². The number of anilines is 1. The summed E-state index contributed by atoms with van der Waals surface area (Å²) >= 11 is 0. The van der Waals surface area contributed by atoms with Gasteiger partial charge < -0.3 is 20.7 Å². The van der Waals surface area contributed by atoms with Crippen LogP contribution in [0.3, 0.4) is 0 Å². The van der Waals surface area contributed by atoms with Crippen molar-refractivity contribution in [3.8, 4) is 0 Å². The fourth-order valence-electron chi connectivity index (χ4n) is 4.76. The number of rotatable bonds is 4. The molecule has 2 saturated carbocycles. The van der Waals surface area contributed by atoms with Gasteiger partial charge in [0.15, 0.2) is 0 Å². The molecule has 1 aliphatic heterocycles. The molecule has 2 aliphatic carbocycles. The van der Waals surface area contributed by atoms with Crippen molar-refractivity contribution in [1.82, 2.24) is 4.90 Å². The van der Waals surface area contributed by atoms with Crippen LogP contribution in [0, 0.1) is 17.8 Å². The van der Waals surface area contributed by atoms with E-state index in [1.54, 1.807) is 0 Å². The average molecular weight is 357 g/mol. The highest BCUT2D eigenvalue weighted by Gasteiger charge is 2.49. The van der Waals surface area contributed by atoms with Gasteiger partial charge in [0.25, 0.3) is 0 Å². The zero-order chi connectivity index (χ0) is 18.1. The highest BCUT2D eigenvalue weighted by Crippen LogP contribution is 2.47. The van der Waals surface area contributed by atoms with Crippen LogP contribution < -0.4 is 11.1 Å². The van der Waals surface area contributed by atoms with Crippen molar-refractivity contribution in [2.24, 2.45) is 23.5 Å². The topological polar surface area (TPSA) is 84.7 Å². The van der Waals surface area contributed by atoms with E-state index in [0.29, 0.717) is 44.6 Å². The quantitative estimate of drug-likeness (QED) is 0.853. The lowest BCUT2D eigenvalue weighted by Crippen LogP contribution is -2.42. The molecule has 0 aromatic heterocycles. The van der Waals surface area contributed by atoms with E-state index in [0.717, 1.165) is 24.1 Å². The van der Waals surface area contributed by atoms with Crippen LogP contribution >= 0.6 is 0 Å². The molecule has 26 heavy (non-hydrogen) atoms. The maximum atomic E-state index is 12.6. The van der Waals surface area contributed by atoms with Gasteiger partial charge in [0.1, 0.15) is 0 Å². The van der Waals surface area contributed by atoms with E-state index in [-0.39, 0.29) is 23.8 Å². The second-order valence-corrected chi connectivity index (χ2v) is 7.79. The second kappa shape index (κ2) is 7.37. The molecule has 4 unspecified atom stereocenters. The molecule has 6 heteroatoms. The van der Waals surface area contributed by atoms with E-state index >= 15 is 0 Å². The Balaban J connectivity index is 1.33. The molecule has 1 aromatic rings. The molecule has 3 N–H and O–H groups in total. The Hall–Kier alpha value is -1.92. The number of hydrogen-bond acceptors (Lipinski definition) is 4. The van der Waals surface area contributed by atoms with Crippen molar-refractivity contribution < 1.29 is 14.3 Å². The van der Waals surface area contributed by atoms with Gasteiger partial charge in [0.2, 0.25) is 11.8 Å². The van der Waals surface area contributed by atoms with Gasteiger partial charge in [-0.05, 0) is 48.8 Å². The zero-order valence-electron chi connectivity index (χ0n) is 15.0. The minimum atomic E-state index is -0.0590. The Labute approximate surface area is 154 Å². The average Bonchev–Trinajstić information content (AvgIpc) is 3.25. The number of nitrogens with zero attached hydrogens (tertiary/aromatic N) is 1. The Morgan fingerprint density at radius 3 is 2.46 bits per heavy atom. The third-order valence-corrected chi connectivity index (χ3v) is 6.22. The first-order chi connectivity index (χ1) is 12.6. The third kappa shape index (κ3) is 3.48. The van der Waals surface area contributed by atoms with Crippen LogP contribution in [0.4, 0.5) is 5.69 Å². The zero-order valence-corrected chi connectivity index (χ0v) is 15.0. The normalized spacial score (nSPS) is 30.4. The highest BCUT2D eigenvalue weighted by atomic mass is 16.5. The van der Waals surface area contributed by atoms with Crippen molar-refractivity contribution in [3.05, 3.63) is 29.8 Å². The minimum Gasteiger partial charge on any atom is -0.378 e. The first kappa shape index (κ1) is 17.5. The predicted molar refractivity (Wildman–Crippen MR) is 98.5 cm³/mol. The molecule has 1 saturated heterocycles. The summed E-state index contributed by atoms with van der Waals surface area (Å²) in [5.41, 5.74) is 7.98. The minimum absolute atomic E-state index is 0.000771. The lowest BCUT2D eigenvalue weighted by molar-refractivity contribution is -0.134. The smallest absolute Gasteiger partial charge is 0.229 e. The SMILES string of the molecule is NC1C2CCC(C2)C1C(=O)Nc1ccc(CC(=O)N2CCOCC2)cc1. The molecule has 2 amide bonds. The van der Waals surface area contributed by atoms with Gasteiger partial charge in [0, 0.05) is 24.8 Å². The number of benzene rings is 1. The monoisotopic (exact) mass is 357 g/mol. The Kier molecular flexibility index (Phi) is 4.96. The molecule has 0 radical (unpaired) electrons. The number of morpholine rings is 1. The number of nitrogens with two attached hydrogens (primary N) is 1. The van der Waals surface area contributed by atoms with Gasteiger partial charge in [-0.15, -0.1) is 0 Å². The molecule has 3 aliphatic rings. The van der Waals surface area contributed by atoms with Gasteiger partial charge >= 0.3 is 0 Å². The van der Waals surface area contributed by atoms with E-state index in [1.165, 1.54) is 6.42 Å². The first-order valence-electron chi connectivity index (χ1n) is 9.63. The fraction of sp³-hybridized carbons (Fsp3) is 0.600. The van der Waals surface area contributed by atoms with Gasteiger partial charge in [-0.25, -0.2) is 0 Å². The number of nitrogens with one attached hydrogen (secondary N) is 1. The van der Waals surface area contributed by atoms with Crippen LogP contribution in [0.5, 0.6) is 0 Å². The lowest BCUT2D eigenvalue weighted by atomic mass is 9.84. The van der Waals surface area contributed by atoms with Crippen molar-refractivity contribution in [2.75, 3.05) is 31.6 Å². The molecule has 1 aromatic carbocycles. The Morgan fingerprint density at radius 2 is 1.81 bits per heavy atom. The summed E-state index contributed by atoms with van der Waals surface area (Å²) in [4.78, 5) is 26.8. The molecule has 140 valence electrons. The number of ether oxygens (including phenoxy) is 1. The highest BCUT2D eigenvalue weighted by molar-refractivity contribution is 5.93. The van der Waals surface area contributed by atoms with E-state index in [4.69, 9.17) is 10.5 Å². The summed E-state index contributed by atoms with van der Waals surface area (Å²) < 4.78 is 5.28. The van der Waals surface area contributed by atoms with Crippen LogP contribution in [-0.2, 0) is 20.7 Å². The summed E-state index contributed by atoms with van der Waals surface area (Å²) in [6.07, 6.45) is 3.77. The van der Waals surface area contributed by atoms with E-state index in [1.807, 2.05) is 29.2 Å². The Bertz CT molecular complexity index is 667. The molecular weight excluding hydrogens is 330 g/mol. The number of fused-ring (bicyclic) bond motifs is 2. The standard InChI is InChI=1S/C20H27N3O3/c21-19-15-4-3-14(12-15)18(19)20(25)22-16-5-1-13(2-6-16)11-17(24)23-7-9-26-10-8-23/h1-2,5-6,14-15,18-19H,3-4,7-12,21H2,(H,22,25). The molecule has 6 nitrogen and oxygen atoms in total. The predicted octanol–water partition coefficient (Wildman–Crippen LogP) is 1.40. The van der Waals surface area contributed by atoms with Gasteiger partial charge in [-0.1, -0.05) is 12.1 Å². The van der Waals surface area contributed by atoms with E-state index in [2.05, 4.69) is 5.32 Å². The first-order valence-corrected chi connectivity index (χ1v) is 9.63. The molecule has 0 spiro atoms. The van der Waals surface area contributed by atoms with E-state index in [9.17, 15) is 9.59 Å². The maximum Gasteiger partial charge on any atom is 0.229 e. The number of carbonyl (C=O) groups excluding carboxylic acids is 2. The molecule has 1 heterocycles. The van der Waals surface area contributed by atoms with Gasteiger partial charge in [-0.2, -0.15) is 0 Å². The molecule has 3 fully saturated rings. The summed E-state index contributed by atoms with van der Waals surface area (Å²) in [5, 5.41) is 3.01. The third-order valence-electron chi connectivity index (χ3n) is 6.22. The molecule has 4 rings (SSSR count). The van der Waals surface area contributed by atoms with Gasteiger partial charge in [-0.3, -0.25) is 9.59 Å². The number of carbonyl (C=O) groups is 2. The van der Waals surface area contributed by atoms with E-state index < -0.39 is 0 Å². The molecule has 2 bridgehead atoms. The van der Waals surface area contributed by atoms with Crippen molar-refractivity contribution in [3.63, 3.8) is 0 Å². The molecular formula is C20H27N3O3. The van der Waals surface area contributed by atoms with Crippen molar-refractivity contribution in [2.45, 2.75) is 31.7 Å².